The lowest BCUT2D eigenvalue weighted by Crippen LogP contribution is -2.16. The number of hydrogen-bond donors (Lipinski definition) is 1. The van der Waals surface area contributed by atoms with Crippen molar-refractivity contribution in [1.29, 1.82) is 0 Å². The van der Waals surface area contributed by atoms with Gasteiger partial charge in [0.15, 0.2) is 11.0 Å². The number of ether oxygens (including phenoxy) is 1. The molecule has 1 aliphatic carbocycles. The number of nitrogens with zero attached hydrogens (tertiary/aromatic N) is 3. The molecule has 31 heavy (non-hydrogen) atoms. The van der Waals surface area contributed by atoms with Crippen molar-refractivity contribution < 1.29 is 14.3 Å². The van der Waals surface area contributed by atoms with Crippen LogP contribution in [0, 0.1) is 13.8 Å². The lowest BCUT2D eigenvalue weighted by molar-refractivity contribution is -0.113. The molecular weight excluding hydrogens is 452 g/mol. The molecule has 0 atom stereocenters. The van der Waals surface area contributed by atoms with Crippen LogP contribution in [0.1, 0.15) is 44.1 Å². The SMILES string of the molecule is COC(=O)c1c(NC(=O)CSc2nnc(-c3csc4c3CCCC4)n2C)sc(C)c1C. The Kier molecular flexibility index (Phi) is 6.49. The van der Waals surface area contributed by atoms with Gasteiger partial charge in [-0.15, -0.1) is 32.9 Å². The highest BCUT2D eigenvalue weighted by Gasteiger charge is 2.23. The molecule has 3 aromatic heterocycles. The molecule has 4 rings (SSSR count). The van der Waals surface area contributed by atoms with Crippen LogP contribution >= 0.6 is 34.4 Å². The summed E-state index contributed by atoms with van der Waals surface area (Å²) in [6.07, 6.45) is 4.71. The Morgan fingerprint density at radius 1 is 1.26 bits per heavy atom. The van der Waals surface area contributed by atoms with E-state index in [2.05, 4.69) is 20.9 Å². The average molecular weight is 477 g/mol. The Labute approximate surface area is 193 Å². The molecule has 7 nitrogen and oxygen atoms in total. The van der Waals surface area contributed by atoms with E-state index < -0.39 is 5.97 Å². The standard InChI is InChI=1S/C21H24N4O3S3/c1-11-12(2)31-19(17(11)20(27)28-4)22-16(26)10-30-21-24-23-18(25(21)3)14-9-29-15-8-6-5-7-13(14)15/h9H,5-8,10H2,1-4H3,(H,22,26). The maximum absolute atomic E-state index is 12.6. The topological polar surface area (TPSA) is 86.1 Å². The van der Waals surface area contributed by atoms with Crippen LogP contribution in [0.3, 0.4) is 0 Å². The van der Waals surface area contributed by atoms with Crippen LogP contribution in [-0.2, 0) is 29.4 Å². The Hall–Kier alpha value is -2.17. The summed E-state index contributed by atoms with van der Waals surface area (Å²) in [5.74, 6) is 0.375. The van der Waals surface area contributed by atoms with Gasteiger partial charge in [-0.1, -0.05) is 11.8 Å². The average Bonchev–Trinajstić information content (AvgIpc) is 3.42. The number of carbonyl (C=O) groups excluding carboxylic acids is 2. The normalized spacial score (nSPS) is 13.2. The van der Waals surface area contributed by atoms with E-state index in [4.69, 9.17) is 4.74 Å². The third-order valence-corrected chi connectivity index (χ3v) is 8.73. The van der Waals surface area contributed by atoms with E-state index in [0.29, 0.717) is 15.7 Å². The first-order valence-electron chi connectivity index (χ1n) is 10.0. The van der Waals surface area contributed by atoms with Crippen molar-refractivity contribution in [3.05, 3.63) is 31.8 Å². The number of amides is 1. The Morgan fingerprint density at radius 2 is 2.03 bits per heavy atom. The fraction of sp³-hybridized carbons (Fsp3) is 0.429. The quantitative estimate of drug-likeness (QED) is 0.413. The summed E-state index contributed by atoms with van der Waals surface area (Å²) in [6.45, 7) is 3.77. The van der Waals surface area contributed by atoms with Crippen LogP contribution in [0.15, 0.2) is 10.5 Å². The molecule has 0 fully saturated rings. The summed E-state index contributed by atoms with van der Waals surface area (Å²) in [7, 11) is 3.27. The van der Waals surface area contributed by atoms with E-state index in [0.717, 1.165) is 29.1 Å². The van der Waals surface area contributed by atoms with E-state index in [1.165, 1.54) is 59.1 Å². The molecule has 0 saturated heterocycles. The number of esters is 1. The minimum Gasteiger partial charge on any atom is -0.465 e. The van der Waals surface area contributed by atoms with Crippen LogP contribution < -0.4 is 5.32 Å². The summed E-state index contributed by atoms with van der Waals surface area (Å²) >= 11 is 4.51. The number of nitrogens with one attached hydrogen (secondary N) is 1. The van der Waals surface area contributed by atoms with Crippen molar-refractivity contribution in [2.24, 2.45) is 7.05 Å². The van der Waals surface area contributed by atoms with Gasteiger partial charge in [-0.25, -0.2) is 4.79 Å². The molecule has 1 aliphatic rings. The molecule has 0 saturated carbocycles. The highest BCUT2D eigenvalue weighted by molar-refractivity contribution is 7.99. The molecule has 1 amide bonds. The van der Waals surface area contributed by atoms with Crippen molar-refractivity contribution in [3.8, 4) is 11.4 Å². The van der Waals surface area contributed by atoms with Gasteiger partial charge < -0.3 is 14.6 Å². The number of hydrogen-bond acceptors (Lipinski definition) is 8. The first-order chi connectivity index (χ1) is 14.9. The summed E-state index contributed by atoms with van der Waals surface area (Å²) in [4.78, 5) is 27.1. The molecule has 0 aromatic carbocycles. The fourth-order valence-electron chi connectivity index (χ4n) is 3.71. The molecule has 0 aliphatic heterocycles. The van der Waals surface area contributed by atoms with Crippen LogP contribution in [0.5, 0.6) is 0 Å². The zero-order valence-corrected chi connectivity index (χ0v) is 20.4. The minimum absolute atomic E-state index is 0.171. The molecular formula is C21H24N4O3S3. The van der Waals surface area contributed by atoms with E-state index in [1.807, 2.05) is 25.5 Å². The number of thiophene rings is 2. The van der Waals surface area contributed by atoms with E-state index >= 15 is 0 Å². The largest absolute Gasteiger partial charge is 0.465 e. The van der Waals surface area contributed by atoms with Crippen molar-refractivity contribution >= 4 is 51.3 Å². The van der Waals surface area contributed by atoms with Gasteiger partial charge in [-0.3, -0.25) is 4.79 Å². The smallest absolute Gasteiger partial charge is 0.341 e. The van der Waals surface area contributed by atoms with Gasteiger partial charge in [0.25, 0.3) is 0 Å². The predicted octanol–water partition coefficient (Wildman–Crippen LogP) is 4.62. The first-order valence-corrected chi connectivity index (χ1v) is 12.7. The van der Waals surface area contributed by atoms with Gasteiger partial charge in [-0.2, -0.15) is 0 Å². The van der Waals surface area contributed by atoms with Crippen molar-refractivity contribution in [3.63, 3.8) is 0 Å². The van der Waals surface area contributed by atoms with Crippen LogP contribution in [0.2, 0.25) is 0 Å². The Bertz CT molecular complexity index is 1150. The van der Waals surface area contributed by atoms with E-state index in [-0.39, 0.29) is 11.7 Å². The van der Waals surface area contributed by atoms with E-state index in [9.17, 15) is 9.59 Å². The van der Waals surface area contributed by atoms with Crippen molar-refractivity contribution in [2.75, 3.05) is 18.2 Å². The molecule has 0 bridgehead atoms. The second-order valence-corrected chi connectivity index (χ2v) is 10.6. The molecule has 3 heterocycles. The third-order valence-electron chi connectivity index (χ3n) is 5.50. The highest BCUT2D eigenvalue weighted by atomic mass is 32.2. The third kappa shape index (κ3) is 4.28. The zero-order valence-electron chi connectivity index (χ0n) is 17.9. The summed E-state index contributed by atoms with van der Waals surface area (Å²) in [5.41, 5.74) is 3.82. The Balaban J connectivity index is 1.45. The van der Waals surface area contributed by atoms with Gasteiger partial charge in [0.05, 0.1) is 18.4 Å². The van der Waals surface area contributed by atoms with E-state index in [1.54, 1.807) is 11.3 Å². The second kappa shape index (κ2) is 9.13. The zero-order chi connectivity index (χ0) is 22.1. The number of methoxy groups -OCH3 is 1. The maximum atomic E-state index is 12.6. The van der Waals surface area contributed by atoms with Gasteiger partial charge in [0.2, 0.25) is 5.91 Å². The van der Waals surface area contributed by atoms with Gasteiger partial charge >= 0.3 is 5.97 Å². The van der Waals surface area contributed by atoms with Gasteiger partial charge in [-0.05, 0) is 50.7 Å². The number of aromatic nitrogens is 3. The van der Waals surface area contributed by atoms with Gasteiger partial charge in [0, 0.05) is 27.7 Å². The highest BCUT2D eigenvalue weighted by Crippen LogP contribution is 2.37. The number of anilines is 1. The molecule has 164 valence electrons. The maximum Gasteiger partial charge on any atom is 0.341 e. The predicted molar refractivity (Wildman–Crippen MR) is 125 cm³/mol. The number of rotatable bonds is 6. The van der Waals surface area contributed by atoms with Crippen molar-refractivity contribution in [2.45, 2.75) is 44.7 Å². The minimum atomic E-state index is -0.443. The molecule has 0 spiro atoms. The molecule has 0 unspecified atom stereocenters. The number of aryl methyl sites for hydroxylation is 2. The van der Waals surface area contributed by atoms with Crippen LogP contribution in [0.25, 0.3) is 11.4 Å². The van der Waals surface area contributed by atoms with Crippen molar-refractivity contribution in [1.82, 2.24) is 14.8 Å². The number of thioether (sulfide) groups is 1. The molecule has 0 radical (unpaired) electrons. The summed E-state index contributed by atoms with van der Waals surface area (Å²) in [6, 6.07) is 0. The monoisotopic (exact) mass is 476 g/mol. The van der Waals surface area contributed by atoms with Crippen LogP contribution in [0.4, 0.5) is 5.00 Å². The summed E-state index contributed by atoms with van der Waals surface area (Å²) in [5, 5.41) is 14.9. The lowest BCUT2D eigenvalue weighted by Gasteiger charge is -2.12. The molecule has 10 heteroatoms. The lowest BCUT2D eigenvalue weighted by atomic mass is 9.96. The fourth-order valence-corrected chi connectivity index (χ4v) is 6.61. The summed E-state index contributed by atoms with van der Waals surface area (Å²) < 4.78 is 6.82. The number of fused-ring (bicyclic) bond motifs is 1. The molecule has 3 aromatic rings. The van der Waals surface area contributed by atoms with Crippen LogP contribution in [-0.4, -0.2) is 39.5 Å². The second-order valence-electron chi connectivity index (χ2n) is 7.44. The first kappa shape index (κ1) is 22.0. The number of carbonyl (C=O) groups is 2. The molecule has 1 N–H and O–H groups in total. The van der Waals surface area contributed by atoms with Gasteiger partial charge in [0.1, 0.15) is 5.00 Å². The Morgan fingerprint density at radius 3 is 2.81 bits per heavy atom.